The summed E-state index contributed by atoms with van der Waals surface area (Å²) in [6.45, 7) is 6.36. The van der Waals surface area contributed by atoms with Crippen molar-refractivity contribution in [2.75, 3.05) is 19.8 Å². The van der Waals surface area contributed by atoms with Crippen LogP contribution in [0.3, 0.4) is 0 Å². The highest BCUT2D eigenvalue weighted by atomic mass is 32.1. The molecule has 2 aromatic rings. The average molecular weight is 411 g/mol. The van der Waals surface area contributed by atoms with Crippen LogP contribution in [0.5, 0.6) is 11.5 Å². The minimum Gasteiger partial charge on any atom is -0.490 e. The predicted octanol–water partition coefficient (Wildman–Crippen LogP) is 3.58. The molecule has 152 valence electrons. The third-order valence-corrected chi connectivity index (χ3v) is 5.96. The second-order valence-corrected chi connectivity index (χ2v) is 7.65. The third kappa shape index (κ3) is 3.81. The number of hydrogen-bond donors (Lipinski definition) is 0. The van der Waals surface area contributed by atoms with E-state index in [0.717, 1.165) is 23.5 Å². The largest absolute Gasteiger partial charge is 0.490 e. The van der Waals surface area contributed by atoms with E-state index in [1.54, 1.807) is 4.90 Å². The van der Waals surface area contributed by atoms with Crippen molar-refractivity contribution >= 4 is 23.2 Å². The number of carbonyl (C=O) groups excluding carboxylic acids is 1. The molecule has 0 radical (unpaired) electrons. The van der Waals surface area contributed by atoms with Gasteiger partial charge in [0.1, 0.15) is 6.04 Å². The lowest BCUT2D eigenvalue weighted by Gasteiger charge is -2.30. The van der Waals surface area contributed by atoms with Gasteiger partial charge in [0.2, 0.25) is 0 Å². The third-order valence-electron chi connectivity index (χ3n) is 5.51. The maximum atomic E-state index is 13.0. The molecule has 0 saturated carbocycles. The van der Waals surface area contributed by atoms with Gasteiger partial charge in [-0.3, -0.25) is 9.69 Å². The number of amides is 1. The maximum absolute atomic E-state index is 13.0. The Hall–Kier alpha value is -2.60. The van der Waals surface area contributed by atoms with Crippen molar-refractivity contribution in [2.24, 2.45) is 0 Å². The fourth-order valence-electron chi connectivity index (χ4n) is 4.07. The fraction of sp³-hybridized carbons (Fsp3) is 0.391. The molecule has 0 bridgehead atoms. The van der Waals surface area contributed by atoms with Gasteiger partial charge in [0.05, 0.1) is 13.2 Å². The normalized spacial score (nSPS) is 17.9. The highest BCUT2D eigenvalue weighted by Crippen LogP contribution is 2.31. The lowest BCUT2D eigenvalue weighted by Crippen LogP contribution is -2.39. The van der Waals surface area contributed by atoms with Crippen LogP contribution in [-0.4, -0.2) is 46.6 Å². The van der Waals surface area contributed by atoms with Crippen LogP contribution in [0.25, 0.3) is 0 Å². The SMILES string of the molecule is CCOc1ccc(CCN2C(=O)[C@@H]3Cc4ccccc4CN3C2=S)cc1OCC. The minimum absolute atomic E-state index is 0.112. The summed E-state index contributed by atoms with van der Waals surface area (Å²) in [4.78, 5) is 16.9. The number of ether oxygens (including phenoxy) is 2. The van der Waals surface area contributed by atoms with Crippen LogP contribution in [0.2, 0.25) is 0 Å². The van der Waals surface area contributed by atoms with Crippen molar-refractivity contribution in [1.29, 1.82) is 0 Å². The van der Waals surface area contributed by atoms with Crippen molar-refractivity contribution in [1.82, 2.24) is 9.80 Å². The molecule has 1 amide bonds. The molecule has 0 aliphatic carbocycles. The molecule has 1 saturated heterocycles. The van der Waals surface area contributed by atoms with Crippen molar-refractivity contribution < 1.29 is 14.3 Å². The average Bonchev–Trinajstić information content (AvgIpc) is 2.96. The van der Waals surface area contributed by atoms with Crippen LogP contribution < -0.4 is 9.47 Å². The van der Waals surface area contributed by atoms with E-state index in [1.165, 1.54) is 11.1 Å². The molecule has 6 heteroatoms. The van der Waals surface area contributed by atoms with E-state index in [9.17, 15) is 4.79 Å². The van der Waals surface area contributed by atoms with Gasteiger partial charge in [-0.05, 0) is 61.3 Å². The summed E-state index contributed by atoms with van der Waals surface area (Å²) in [5, 5.41) is 0.644. The number of hydrogen-bond acceptors (Lipinski definition) is 4. The molecule has 1 fully saturated rings. The molecule has 2 aromatic carbocycles. The highest BCUT2D eigenvalue weighted by molar-refractivity contribution is 7.80. The van der Waals surface area contributed by atoms with Gasteiger partial charge in [-0.1, -0.05) is 30.3 Å². The van der Waals surface area contributed by atoms with E-state index < -0.39 is 0 Å². The highest BCUT2D eigenvalue weighted by Gasteiger charge is 2.44. The van der Waals surface area contributed by atoms with Gasteiger partial charge in [-0.15, -0.1) is 0 Å². The van der Waals surface area contributed by atoms with Gasteiger partial charge in [0.25, 0.3) is 5.91 Å². The first-order valence-electron chi connectivity index (χ1n) is 10.2. The Morgan fingerprint density at radius 1 is 1.03 bits per heavy atom. The first-order chi connectivity index (χ1) is 14.1. The molecule has 4 rings (SSSR count). The molecule has 29 heavy (non-hydrogen) atoms. The van der Waals surface area contributed by atoms with Gasteiger partial charge >= 0.3 is 0 Å². The Bertz CT molecular complexity index is 887. The zero-order valence-corrected chi connectivity index (χ0v) is 17.7. The minimum atomic E-state index is -0.170. The van der Waals surface area contributed by atoms with E-state index in [-0.39, 0.29) is 11.9 Å². The van der Waals surface area contributed by atoms with Gasteiger partial charge in [0, 0.05) is 19.5 Å². The van der Waals surface area contributed by atoms with Gasteiger partial charge in [-0.2, -0.15) is 0 Å². The molecule has 0 N–H and O–H groups in total. The van der Waals surface area contributed by atoms with Crippen LogP contribution in [0, 0.1) is 0 Å². The number of benzene rings is 2. The van der Waals surface area contributed by atoms with E-state index in [1.807, 2.05) is 44.2 Å². The molecule has 0 unspecified atom stereocenters. The number of rotatable bonds is 7. The molecule has 5 nitrogen and oxygen atoms in total. The van der Waals surface area contributed by atoms with Crippen LogP contribution >= 0.6 is 12.2 Å². The molecule has 0 aromatic heterocycles. The lowest BCUT2D eigenvalue weighted by molar-refractivity contribution is -0.128. The van der Waals surface area contributed by atoms with Crippen molar-refractivity contribution in [2.45, 2.75) is 39.3 Å². The fourth-order valence-corrected chi connectivity index (χ4v) is 4.44. The van der Waals surface area contributed by atoms with Gasteiger partial charge in [-0.25, -0.2) is 0 Å². The number of carbonyl (C=O) groups is 1. The van der Waals surface area contributed by atoms with Crippen molar-refractivity contribution in [3.05, 3.63) is 59.2 Å². The first kappa shape index (κ1) is 19.7. The topological polar surface area (TPSA) is 42.0 Å². The monoisotopic (exact) mass is 410 g/mol. The van der Waals surface area contributed by atoms with Crippen LogP contribution in [0.4, 0.5) is 0 Å². The number of fused-ring (bicyclic) bond motifs is 2. The lowest BCUT2D eigenvalue weighted by atomic mass is 9.95. The van der Waals surface area contributed by atoms with E-state index in [0.29, 0.717) is 37.8 Å². The Kier molecular flexibility index (Phi) is 5.72. The Balaban J connectivity index is 1.46. The predicted molar refractivity (Wildman–Crippen MR) is 116 cm³/mol. The quantitative estimate of drug-likeness (QED) is 0.653. The smallest absolute Gasteiger partial charge is 0.251 e. The van der Waals surface area contributed by atoms with E-state index >= 15 is 0 Å². The molecule has 1 atom stereocenters. The summed E-state index contributed by atoms with van der Waals surface area (Å²) in [6.07, 6.45) is 1.44. The standard InChI is InChI=1S/C23H26N2O3S/c1-3-27-20-10-9-16(13-21(20)28-4-2)11-12-24-22(26)19-14-17-7-5-6-8-18(17)15-25(19)23(24)29/h5-10,13,19H,3-4,11-12,14-15H2,1-2H3/t19-/m0/s1. The van der Waals surface area contributed by atoms with Crippen molar-refractivity contribution in [3.63, 3.8) is 0 Å². The van der Waals surface area contributed by atoms with Gasteiger partial charge in [0.15, 0.2) is 16.6 Å². The first-order valence-corrected chi connectivity index (χ1v) is 10.6. The molecule has 0 spiro atoms. The van der Waals surface area contributed by atoms with Gasteiger partial charge < -0.3 is 14.4 Å². The van der Waals surface area contributed by atoms with Crippen LogP contribution in [-0.2, 0) is 24.2 Å². The molecule has 2 aliphatic rings. The molecular formula is C23H26N2O3S. The Morgan fingerprint density at radius 3 is 2.52 bits per heavy atom. The molecule has 2 aliphatic heterocycles. The van der Waals surface area contributed by atoms with Crippen LogP contribution in [0.1, 0.15) is 30.5 Å². The summed E-state index contributed by atoms with van der Waals surface area (Å²) in [7, 11) is 0. The summed E-state index contributed by atoms with van der Waals surface area (Å²) >= 11 is 5.67. The van der Waals surface area contributed by atoms with Crippen LogP contribution in [0.15, 0.2) is 42.5 Å². The second-order valence-electron chi connectivity index (χ2n) is 7.29. The summed E-state index contributed by atoms with van der Waals surface area (Å²) < 4.78 is 11.4. The summed E-state index contributed by atoms with van der Waals surface area (Å²) in [5.74, 6) is 1.61. The maximum Gasteiger partial charge on any atom is 0.251 e. The number of nitrogens with zero attached hydrogens (tertiary/aromatic N) is 2. The molecular weight excluding hydrogens is 384 g/mol. The second kappa shape index (κ2) is 8.41. The zero-order chi connectivity index (χ0) is 20.4. The molecule has 2 heterocycles. The summed E-state index contributed by atoms with van der Waals surface area (Å²) in [5.41, 5.74) is 3.61. The Labute approximate surface area is 177 Å². The Morgan fingerprint density at radius 2 is 1.76 bits per heavy atom. The van der Waals surface area contributed by atoms with E-state index in [2.05, 4.69) is 17.0 Å². The zero-order valence-electron chi connectivity index (χ0n) is 16.9. The number of thiocarbonyl (C=S) groups is 1. The summed E-state index contributed by atoms with van der Waals surface area (Å²) in [6, 6.07) is 14.1. The van der Waals surface area contributed by atoms with E-state index in [4.69, 9.17) is 21.7 Å². The van der Waals surface area contributed by atoms with Crippen molar-refractivity contribution in [3.8, 4) is 11.5 Å².